The highest BCUT2D eigenvalue weighted by molar-refractivity contribution is 7.89. The van der Waals surface area contributed by atoms with Crippen molar-refractivity contribution in [2.45, 2.75) is 68.2 Å². The molecule has 2 aliphatic rings. The molecule has 1 aromatic carbocycles. The van der Waals surface area contributed by atoms with E-state index in [4.69, 9.17) is 0 Å². The minimum Gasteiger partial charge on any atom is -0.350 e. The van der Waals surface area contributed by atoms with Gasteiger partial charge in [0, 0.05) is 19.1 Å². The molecular weight excluding hydrogens is 360 g/mol. The molecule has 1 atom stereocenters. The molecule has 1 N–H and O–H groups in total. The number of amides is 1. The van der Waals surface area contributed by atoms with E-state index < -0.39 is 10.0 Å². The molecule has 3 rings (SSSR count). The summed E-state index contributed by atoms with van der Waals surface area (Å²) in [6.07, 6.45) is 9.66. The molecule has 0 aromatic heterocycles. The standard InChI is InChI=1S/C21H30N2O3S/c1-2-21(24)22-19-9-6-15-23(16-14-19)27(25,26)20-12-10-18(11-13-20)17-7-4-3-5-8-17/h2,10-13,17,19H,1,3-9,14-16H2,(H,22,24). The molecule has 1 heterocycles. The Kier molecular flexibility index (Phi) is 6.71. The number of hydrogen-bond donors (Lipinski definition) is 1. The Bertz CT molecular complexity index is 752. The van der Waals surface area contributed by atoms with Crippen molar-refractivity contribution in [3.8, 4) is 0 Å². The van der Waals surface area contributed by atoms with Crippen LogP contribution in [0.4, 0.5) is 0 Å². The Morgan fingerprint density at radius 1 is 1.00 bits per heavy atom. The molecule has 0 spiro atoms. The zero-order chi connectivity index (χ0) is 19.3. The second kappa shape index (κ2) is 9.02. The van der Waals surface area contributed by atoms with E-state index in [1.807, 2.05) is 12.1 Å². The fourth-order valence-electron chi connectivity index (χ4n) is 4.21. The molecule has 1 aliphatic heterocycles. The first kappa shape index (κ1) is 20.1. The highest BCUT2D eigenvalue weighted by Gasteiger charge is 2.28. The summed E-state index contributed by atoms with van der Waals surface area (Å²) in [4.78, 5) is 11.9. The average Bonchev–Trinajstić information content (AvgIpc) is 2.95. The predicted octanol–water partition coefficient (Wildman–Crippen LogP) is 3.58. The van der Waals surface area contributed by atoms with Gasteiger partial charge in [-0.15, -0.1) is 0 Å². The molecule has 1 saturated carbocycles. The minimum atomic E-state index is -3.49. The average molecular weight is 391 g/mol. The van der Waals surface area contributed by atoms with Crippen molar-refractivity contribution in [1.29, 1.82) is 0 Å². The largest absolute Gasteiger partial charge is 0.350 e. The summed E-state index contributed by atoms with van der Waals surface area (Å²) in [6.45, 7) is 4.38. The summed E-state index contributed by atoms with van der Waals surface area (Å²) >= 11 is 0. The molecule has 0 bridgehead atoms. The molecule has 27 heavy (non-hydrogen) atoms. The van der Waals surface area contributed by atoms with Crippen molar-refractivity contribution < 1.29 is 13.2 Å². The van der Waals surface area contributed by atoms with Gasteiger partial charge in [0.1, 0.15) is 0 Å². The van der Waals surface area contributed by atoms with Gasteiger partial charge in [-0.05, 0) is 61.8 Å². The van der Waals surface area contributed by atoms with E-state index >= 15 is 0 Å². The molecule has 1 aromatic rings. The monoisotopic (exact) mass is 390 g/mol. The van der Waals surface area contributed by atoms with Gasteiger partial charge in [-0.3, -0.25) is 4.79 Å². The maximum Gasteiger partial charge on any atom is 0.243 e. The van der Waals surface area contributed by atoms with E-state index in [0.717, 1.165) is 12.8 Å². The van der Waals surface area contributed by atoms with Crippen LogP contribution in [0.3, 0.4) is 0 Å². The number of nitrogens with one attached hydrogen (secondary N) is 1. The van der Waals surface area contributed by atoms with Crippen LogP contribution >= 0.6 is 0 Å². The Hall–Kier alpha value is -1.66. The molecule has 6 heteroatoms. The van der Waals surface area contributed by atoms with Crippen molar-refractivity contribution in [1.82, 2.24) is 9.62 Å². The molecule has 148 valence electrons. The molecule has 0 radical (unpaired) electrons. The van der Waals surface area contributed by atoms with Crippen molar-refractivity contribution >= 4 is 15.9 Å². The normalized spacial score (nSPS) is 22.7. The van der Waals surface area contributed by atoms with Crippen LogP contribution in [0.1, 0.15) is 62.8 Å². The van der Waals surface area contributed by atoms with E-state index in [9.17, 15) is 13.2 Å². The first-order chi connectivity index (χ1) is 13.0. The van der Waals surface area contributed by atoms with E-state index in [-0.39, 0.29) is 11.9 Å². The third kappa shape index (κ3) is 4.99. The van der Waals surface area contributed by atoms with Crippen LogP contribution in [0.25, 0.3) is 0 Å². The zero-order valence-corrected chi connectivity index (χ0v) is 16.7. The molecule has 2 fully saturated rings. The summed E-state index contributed by atoms with van der Waals surface area (Å²) < 4.78 is 27.6. The molecule has 1 aliphatic carbocycles. The van der Waals surface area contributed by atoms with Gasteiger partial charge in [-0.2, -0.15) is 4.31 Å². The smallest absolute Gasteiger partial charge is 0.243 e. The van der Waals surface area contributed by atoms with Crippen molar-refractivity contribution in [2.24, 2.45) is 0 Å². The highest BCUT2D eigenvalue weighted by atomic mass is 32.2. The van der Waals surface area contributed by atoms with Crippen LogP contribution in [0.15, 0.2) is 41.8 Å². The van der Waals surface area contributed by atoms with Crippen LogP contribution in [0.5, 0.6) is 0 Å². The number of sulfonamides is 1. The number of hydrogen-bond acceptors (Lipinski definition) is 3. The van der Waals surface area contributed by atoms with Crippen molar-refractivity contribution in [3.63, 3.8) is 0 Å². The van der Waals surface area contributed by atoms with Gasteiger partial charge in [0.05, 0.1) is 4.90 Å². The fourth-order valence-corrected chi connectivity index (χ4v) is 5.71. The lowest BCUT2D eigenvalue weighted by Crippen LogP contribution is -2.36. The van der Waals surface area contributed by atoms with Gasteiger partial charge in [0.15, 0.2) is 0 Å². The maximum atomic E-state index is 13.0. The van der Waals surface area contributed by atoms with Crippen LogP contribution in [-0.4, -0.2) is 37.8 Å². The Labute approximate surface area is 162 Å². The molecule has 1 unspecified atom stereocenters. The number of nitrogens with zero attached hydrogens (tertiary/aromatic N) is 1. The van der Waals surface area contributed by atoms with Gasteiger partial charge < -0.3 is 5.32 Å². The van der Waals surface area contributed by atoms with E-state index in [1.165, 1.54) is 43.7 Å². The van der Waals surface area contributed by atoms with E-state index in [1.54, 1.807) is 16.4 Å². The van der Waals surface area contributed by atoms with Crippen LogP contribution in [0.2, 0.25) is 0 Å². The van der Waals surface area contributed by atoms with Gasteiger partial charge in [-0.1, -0.05) is 38.0 Å². The highest BCUT2D eigenvalue weighted by Crippen LogP contribution is 2.33. The Morgan fingerprint density at radius 3 is 2.37 bits per heavy atom. The summed E-state index contributed by atoms with van der Waals surface area (Å²) in [5.74, 6) is 0.373. The van der Waals surface area contributed by atoms with Gasteiger partial charge in [-0.25, -0.2) is 8.42 Å². The lowest BCUT2D eigenvalue weighted by Gasteiger charge is -2.23. The summed E-state index contributed by atoms with van der Waals surface area (Å²) in [5.41, 5.74) is 1.26. The SMILES string of the molecule is C=CC(=O)NC1CCCN(S(=O)(=O)c2ccc(C3CCCCC3)cc2)CC1. The van der Waals surface area contributed by atoms with Gasteiger partial charge in [0.2, 0.25) is 15.9 Å². The summed E-state index contributed by atoms with van der Waals surface area (Å²) in [6, 6.07) is 7.52. The van der Waals surface area contributed by atoms with Gasteiger partial charge in [0.25, 0.3) is 0 Å². The van der Waals surface area contributed by atoms with Crippen LogP contribution in [-0.2, 0) is 14.8 Å². The molecule has 1 saturated heterocycles. The zero-order valence-electron chi connectivity index (χ0n) is 15.9. The second-order valence-corrected chi connectivity index (χ2v) is 9.59. The summed E-state index contributed by atoms with van der Waals surface area (Å²) in [5, 5.41) is 2.89. The topological polar surface area (TPSA) is 66.5 Å². The van der Waals surface area contributed by atoms with E-state index in [2.05, 4.69) is 11.9 Å². The quantitative estimate of drug-likeness (QED) is 0.782. The third-order valence-corrected chi connectivity index (χ3v) is 7.73. The Morgan fingerprint density at radius 2 is 1.70 bits per heavy atom. The fraction of sp³-hybridized carbons (Fsp3) is 0.571. The minimum absolute atomic E-state index is 0.00405. The van der Waals surface area contributed by atoms with Crippen molar-refractivity contribution in [3.05, 3.63) is 42.5 Å². The molecule has 5 nitrogen and oxygen atoms in total. The lowest BCUT2D eigenvalue weighted by atomic mass is 9.84. The number of rotatable bonds is 5. The maximum absolute atomic E-state index is 13.0. The van der Waals surface area contributed by atoms with Crippen LogP contribution in [0, 0.1) is 0 Å². The van der Waals surface area contributed by atoms with Crippen LogP contribution < -0.4 is 5.32 Å². The Balaban J connectivity index is 1.66. The number of benzene rings is 1. The molecular formula is C21H30N2O3S. The predicted molar refractivity (Wildman–Crippen MR) is 107 cm³/mol. The lowest BCUT2D eigenvalue weighted by molar-refractivity contribution is -0.117. The number of carbonyl (C=O) groups excluding carboxylic acids is 1. The first-order valence-electron chi connectivity index (χ1n) is 10.0. The number of carbonyl (C=O) groups is 1. The van der Waals surface area contributed by atoms with Gasteiger partial charge >= 0.3 is 0 Å². The second-order valence-electron chi connectivity index (χ2n) is 7.65. The molecule has 1 amide bonds. The first-order valence-corrected chi connectivity index (χ1v) is 11.5. The van der Waals surface area contributed by atoms with E-state index in [0.29, 0.717) is 30.3 Å². The van der Waals surface area contributed by atoms with Crippen molar-refractivity contribution in [2.75, 3.05) is 13.1 Å². The summed E-state index contributed by atoms with van der Waals surface area (Å²) in [7, 11) is -3.49. The third-order valence-electron chi connectivity index (χ3n) is 5.81.